The Morgan fingerprint density at radius 3 is 2.66 bits per heavy atom. The molecule has 266 valence electrons. The van der Waals surface area contributed by atoms with Crippen molar-refractivity contribution in [2.75, 3.05) is 64.8 Å². The fourth-order valence-corrected chi connectivity index (χ4v) is 8.65. The van der Waals surface area contributed by atoms with Gasteiger partial charge in [0.1, 0.15) is 29.4 Å². The predicted molar refractivity (Wildman–Crippen MR) is 190 cm³/mol. The Morgan fingerprint density at radius 1 is 1.02 bits per heavy atom. The lowest BCUT2D eigenvalue weighted by Crippen LogP contribution is -2.37. The van der Waals surface area contributed by atoms with Crippen LogP contribution in [0.2, 0.25) is 0 Å². The van der Waals surface area contributed by atoms with Gasteiger partial charge in [0.05, 0.1) is 18.6 Å². The third-order valence-corrected chi connectivity index (χ3v) is 11.0. The molecule has 0 N–H and O–H groups in total. The Morgan fingerprint density at radius 2 is 1.86 bits per heavy atom. The third kappa shape index (κ3) is 6.85. The van der Waals surface area contributed by atoms with Crippen molar-refractivity contribution in [3.05, 3.63) is 47.9 Å². The number of aryl methyl sites for hydroxylation is 1. The van der Waals surface area contributed by atoms with E-state index in [9.17, 15) is 0 Å². The van der Waals surface area contributed by atoms with Gasteiger partial charge in [-0.05, 0) is 105 Å². The van der Waals surface area contributed by atoms with Crippen LogP contribution in [0.25, 0.3) is 32.9 Å². The second kappa shape index (κ2) is 14.9. The van der Waals surface area contributed by atoms with Crippen LogP contribution in [0.15, 0.2) is 36.5 Å². The summed E-state index contributed by atoms with van der Waals surface area (Å²) in [6, 6.07) is 10.4. The molecule has 50 heavy (non-hydrogen) atoms. The highest BCUT2D eigenvalue weighted by atomic mass is 19.1. The Hall–Kier alpha value is -3.64. The van der Waals surface area contributed by atoms with Gasteiger partial charge in [-0.2, -0.15) is 9.97 Å². The van der Waals surface area contributed by atoms with E-state index in [2.05, 4.69) is 22.8 Å². The van der Waals surface area contributed by atoms with Crippen molar-refractivity contribution in [2.24, 2.45) is 11.8 Å². The molecule has 5 heterocycles. The number of fused-ring (bicyclic) bond motifs is 4. The number of piperidine rings is 1. The molecule has 3 aliphatic heterocycles. The number of pyridine rings is 1. The first-order valence-electron chi connectivity index (χ1n) is 18.5. The topological polar surface area (TPSA) is 91.3 Å². The standard InChI is InChI=1S/C39H48FN5O5/c1-3-27-7-4-8-28-18-30(50-24-46-2)19-31(34(27)28)36-35(40)37-32(20-41-36)38(45-21-25-11-12-26(17-25)22-45)43-39(42-37)49-23-29-9-5-13-44(29)14-6-10-33-47-15-16-48-33/h4,7-8,18-20,25-26,29,33H,3,5-6,9-17,21-24H2,1-2H3/t25?,26?,29-/m0/s1. The van der Waals surface area contributed by atoms with Crippen molar-refractivity contribution < 1.29 is 28.1 Å². The minimum Gasteiger partial charge on any atom is -0.468 e. The number of methoxy groups -OCH3 is 1. The Bertz CT molecular complexity index is 1810. The van der Waals surface area contributed by atoms with Gasteiger partial charge >= 0.3 is 6.01 Å². The summed E-state index contributed by atoms with van der Waals surface area (Å²) in [5.41, 5.74) is 2.24. The molecule has 10 nitrogen and oxygen atoms in total. The molecule has 2 bridgehead atoms. The van der Waals surface area contributed by atoms with Crippen LogP contribution in [0.4, 0.5) is 10.2 Å². The highest BCUT2D eigenvalue weighted by Crippen LogP contribution is 2.42. The molecule has 4 aliphatic rings. The number of ether oxygens (including phenoxy) is 5. The maximum Gasteiger partial charge on any atom is 0.319 e. The van der Waals surface area contributed by atoms with E-state index >= 15 is 4.39 Å². The van der Waals surface area contributed by atoms with Gasteiger partial charge in [-0.15, -0.1) is 0 Å². The molecule has 4 fully saturated rings. The molecule has 2 unspecified atom stereocenters. The summed E-state index contributed by atoms with van der Waals surface area (Å²) in [7, 11) is 1.58. The fourth-order valence-electron chi connectivity index (χ4n) is 8.65. The van der Waals surface area contributed by atoms with Gasteiger partial charge in [0, 0.05) is 38.0 Å². The summed E-state index contributed by atoms with van der Waals surface area (Å²) < 4.78 is 45.9. The van der Waals surface area contributed by atoms with Crippen molar-refractivity contribution in [2.45, 2.75) is 70.6 Å². The van der Waals surface area contributed by atoms with Crippen molar-refractivity contribution in [3.63, 3.8) is 0 Å². The maximum absolute atomic E-state index is 17.1. The van der Waals surface area contributed by atoms with E-state index < -0.39 is 5.82 Å². The van der Waals surface area contributed by atoms with Gasteiger partial charge in [0.2, 0.25) is 0 Å². The van der Waals surface area contributed by atoms with Crippen molar-refractivity contribution in [1.82, 2.24) is 19.9 Å². The van der Waals surface area contributed by atoms with Crippen molar-refractivity contribution >= 4 is 27.5 Å². The molecule has 2 aromatic carbocycles. The average Bonchev–Trinajstić information content (AvgIpc) is 3.91. The second-order valence-corrected chi connectivity index (χ2v) is 14.3. The summed E-state index contributed by atoms with van der Waals surface area (Å²) in [5, 5.41) is 2.52. The Balaban J connectivity index is 1.14. The van der Waals surface area contributed by atoms with Gasteiger partial charge in [0.25, 0.3) is 0 Å². The van der Waals surface area contributed by atoms with E-state index in [-0.39, 0.29) is 36.3 Å². The lowest BCUT2D eigenvalue weighted by molar-refractivity contribution is -0.0491. The van der Waals surface area contributed by atoms with Gasteiger partial charge in [0.15, 0.2) is 18.9 Å². The molecular weight excluding hydrogens is 637 g/mol. The number of nitrogens with zero attached hydrogens (tertiary/aromatic N) is 5. The van der Waals surface area contributed by atoms with E-state index in [1.165, 1.54) is 19.3 Å². The van der Waals surface area contributed by atoms with Crippen LogP contribution in [0.3, 0.4) is 0 Å². The van der Waals surface area contributed by atoms with E-state index in [4.69, 9.17) is 38.6 Å². The zero-order valence-corrected chi connectivity index (χ0v) is 29.2. The first-order valence-corrected chi connectivity index (χ1v) is 18.5. The molecule has 0 spiro atoms. The Labute approximate surface area is 293 Å². The molecule has 3 atom stereocenters. The molecule has 2 aromatic heterocycles. The van der Waals surface area contributed by atoms with E-state index in [1.807, 2.05) is 24.3 Å². The molecule has 0 radical (unpaired) electrons. The number of rotatable bonds is 13. The number of anilines is 1. The minimum absolute atomic E-state index is 0.0806. The largest absolute Gasteiger partial charge is 0.468 e. The summed E-state index contributed by atoms with van der Waals surface area (Å²) in [5.74, 6) is 2.08. The number of likely N-dealkylation sites (tertiary alicyclic amines) is 1. The Kier molecular flexibility index (Phi) is 9.99. The monoisotopic (exact) mass is 685 g/mol. The average molecular weight is 686 g/mol. The lowest BCUT2D eigenvalue weighted by atomic mass is 9.95. The van der Waals surface area contributed by atoms with Crippen LogP contribution in [-0.2, 0) is 20.6 Å². The molecule has 4 aromatic rings. The van der Waals surface area contributed by atoms with Gasteiger partial charge in [-0.1, -0.05) is 25.1 Å². The van der Waals surface area contributed by atoms with Crippen LogP contribution >= 0.6 is 0 Å². The minimum atomic E-state index is -0.481. The number of hydrogen-bond donors (Lipinski definition) is 0. The molecule has 11 heteroatoms. The molecule has 0 amide bonds. The first-order chi connectivity index (χ1) is 24.6. The van der Waals surface area contributed by atoms with Crippen molar-refractivity contribution in [3.8, 4) is 23.0 Å². The van der Waals surface area contributed by atoms with E-state index in [0.29, 0.717) is 48.4 Å². The summed E-state index contributed by atoms with van der Waals surface area (Å²) >= 11 is 0. The number of aromatic nitrogens is 3. The predicted octanol–water partition coefficient (Wildman–Crippen LogP) is 6.76. The normalized spacial score (nSPS) is 22.7. The van der Waals surface area contributed by atoms with Gasteiger partial charge in [-0.25, -0.2) is 4.39 Å². The smallest absolute Gasteiger partial charge is 0.319 e. The molecular formula is C39H48FN5O5. The van der Waals surface area contributed by atoms with Gasteiger partial charge < -0.3 is 28.6 Å². The van der Waals surface area contributed by atoms with Crippen LogP contribution in [-0.4, -0.2) is 92.1 Å². The lowest BCUT2D eigenvalue weighted by Gasteiger charge is -2.33. The molecule has 3 saturated heterocycles. The third-order valence-electron chi connectivity index (χ3n) is 11.0. The summed E-state index contributed by atoms with van der Waals surface area (Å²) in [6.45, 7) is 7.81. The fraction of sp³-hybridized carbons (Fsp3) is 0.564. The SMILES string of the molecule is CCc1cccc2cc(OCOC)cc(-c3ncc4c(N5CC6CCC(C6)C5)nc(OC[C@@H]5CCCN5CCCC5OCCO5)nc4c3F)c12. The summed E-state index contributed by atoms with van der Waals surface area (Å²) in [4.78, 5) is 19.4. The molecule has 1 saturated carbocycles. The molecule has 1 aliphatic carbocycles. The van der Waals surface area contributed by atoms with Crippen LogP contribution < -0.4 is 14.4 Å². The van der Waals surface area contributed by atoms with Crippen LogP contribution in [0, 0.1) is 17.7 Å². The van der Waals surface area contributed by atoms with E-state index in [1.54, 1.807) is 13.3 Å². The van der Waals surface area contributed by atoms with Gasteiger partial charge in [-0.3, -0.25) is 9.88 Å². The highest BCUT2D eigenvalue weighted by molar-refractivity contribution is 6.01. The van der Waals surface area contributed by atoms with Crippen LogP contribution in [0.1, 0.15) is 57.4 Å². The van der Waals surface area contributed by atoms with Crippen molar-refractivity contribution in [1.29, 1.82) is 0 Å². The number of benzene rings is 2. The van der Waals surface area contributed by atoms with E-state index in [0.717, 1.165) is 80.4 Å². The molecule has 8 rings (SSSR count). The highest BCUT2D eigenvalue weighted by Gasteiger charge is 2.35. The van der Waals surface area contributed by atoms with Crippen LogP contribution in [0.5, 0.6) is 11.8 Å². The quantitative estimate of drug-likeness (QED) is 0.141. The second-order valence-electron chi connectivity index (χ2n) is 14.3. The first kappa shape index (κ1) is 33.5. The zero-order chi connectivity index (χ0) is 34.0. The maximum atomic E-state index is 17.1. The summed E-state index contributed by atoms with van der Waals surface area (Å²) in [6.07, 6.45) is 10.2. The zero-order valence-electron chi connectivity index (χ0n) is 29.2. The number of halogens is 1. The number of hydrogen-bond acceptors (Lipinski definition) is 10.